The van der Waals surface area contributed by atoms with Crippen LogP contribution < -0.4 is 4.74 Å². The first-order valence-electron chi connectivity index (χ1n) is 8.41. The van der Waals surface area contributed by atoms with Gasteiger partial charge in [0.05, 0.1) is 20.8 Å². The minimum atomic E-state index is -0.580. The van der Waals surface area contributed by atoms with Crippen LogP contribution in [0.3, 0.4) is 0 Å². The molecule has 0 radical (unpaired) electrons. The van der Waals surface area contributed by atoms with Gasteiger partial charge in [0, 0.05) is 0 Å². The van der Waals surface area contributed by atoms with Crippen LogP contribution in [0, 0.1) is 0 Å². The summed E-state index contributed by atoms with van der Waals surface area (Å²) in [5, 5.41) is 0. The first-order valence-corrected chi connectivity index (χ1v) is 8.41. The zero-order valence-electron chi connectivity index (χ0n) is 15.6. The molecule has 0 aliphatic carbocycles. The predicted octanol–water partition coefficient (Wildman–Crippen LogP) is 3.60. The van der Waals surface area contributed by atoms with Crippen LogP contribution >= 0.6 is 0 Å². The van der Waals surface area contributed by atoms with E-state index >= 15 is 0 Å². The molecule has 0 unspecified atom stereocenters. The predicted molar refractivity (Wildman–Crippen MR) is 100 cm³/mol. The van der Waals surface area contributed by atoms with Gasteiger partial charge in [-0.25, -0.2) is 9.59 Å². The third-order valence-corrected chi connectivity index (χ3v) is 3.65. The van der Waals surface area contributed by atoms with Crippen molar-refractivity contribution < 1.29 is 28.5 Å². The van der Waals surface area contributed by atoms with E-state index in [9.17, 15) is 9.59 Å². The van der Waals surface area contributed by atoms with Crippen molar-refractivity contribution in [3.05, 3.63) is 71.0 Å². The van der Waals surface area contributed by atoms with E-state index in [1.807, 2.05) is 30.3 Å². The number of ether oxygens (including phenoxy) is 4. The highest BCUT2D eigenvalue weighted by molar-refractivity contribution is 5.95. The number of hydrogen-bond donors (Lipinski definition) is 0. The van der Waals surface area contributed by atoms with Crippen molar-refractivity contribution in [2.24, 2.45) is 0 Å². The van der Waals surface area contributed by atoms with Gasteiger partial charge in [-0.15, -0.1) is 0 Å². The Hall–Kier alpha value is -3.28. The van der Waals surface area contributed by atoms with E-state index in [1.54, 1.807) is 25.1 Å². The number of hydrogen-bond acceptors (Lipinski definition) is 6. The third-order valence-electron chi connectivity index (χ3n) is 3.65. The molecule has 0 saturated carbocycles. The first-order chi connectivity index (χ1) is 13.1. The van der Waals surface area contributed by atoms with Crippen LogP contribution in [0.25, 0.3) is 6.08 Å². The molecule has 0 aliphatic rings. The molecule has 2 aromatic rings. The molecule has 27 heavy (non-hydrogen) atoms. The molecule has 2 aromatic carbocycles. The second-order valence-corrected chi connectivity index (χ2v) is 5.45. The van der Waals surface area contributed by atoms with E-state index in [1.165, 1.54) is 20.3 Å². The fourth-order valence-electron chi connectivity index (χ4n) is 2.33. The quantitative estimate of drug-likeness (QED) is 0.402. The summed E-state index contributed by atoms with van der Waals surface area (Å²) in [5.41, 5.74) is 1.71. The van der Waals surface area contributed by atoms with Crippen LogP contribution in [-0.4, -0.2) is 32.8 Å². The molecule has 0 N–H and O–H groups in total. The highest BCUT2D eigenvalue weighted by atomic mass is 16.6. The van der Waals surface area contributed by atoms with E-state index < -0.39 is 11.9 Å². The maximum atomic E-state index is 12.5. The van der Waals surface area contributed by atoms with E-state index in [0.717, 1.165) is 5.56 Å². The number of benzene rings is 2. The summed E-state index contributed by atoms with van der Waals surface area (Å²) in [7, 11) is 2.85. The Morgan fingerprint density at radius 1 is 1.00 bits per heavy atom. The van der Waals surface area contributed by atoms with Crippen molar-refractivity contribution >= 4 is 18.0 Å². The Bertz CT molecular complexity index is 811. The van der Waals surface area contributed by atoms with Crippen molar-refractivity contribution in [1.82, 2.24) is 0 Å². The molecule has 0 aromatic heterocycles. The van der Waals surface area contributed by atoms with Gasteiger partial charge in [0.1, 0.15) is 17.9 Å². The molecule has 6 heteroatoms. The molecule has 2 rings (SSSR count). The Balaban J connectivity index is 2.23. The van der Waals surface area contributed by atoms with E-state index in [4.69, 9.17) is 18.9 Å². The maximum Gasteiger partial charge on any atom is 0.373 e. The number of carbonyl (C=O) groups is 2. The lowest BCUT2D eigenvalue weighted by Gasteiger charge is -2.11. The highest BCUT2D eigenvalue weighted by Gasteiger charge is 2.16. The summed E-state index contributed by atoms with van der Waals surface area (Å²) >= 11 is 0. The van der Waals surface area contributed by atoms with Gasteiger partial charge in [0.25, 0.3) is 0 Å². The monoisotopic (exact) mass is 370 g/mol. The standard InChI is InChI=1S/C21H22O6/c1-4-26-21(23)19(25-3)13-16-10-11-18(24-2)17(12-16)20(22)27-14-15-8-6-5-7-9-15/h5-13H,4,14H2,1-3H3/b19-13-. The number of carbonyl (C=O) groups excluding carboxylic acids is 2. The van der Waals surface area contributed by atoms with Gasteiger partial charge in [-0.05, 0) is 36.3 Å². The molecule has 6 nitrogen and oxygen atoms in total. The fraction of sp³-hybridized carbons (Fsp3) is 0.238. The second-order valence-electron chi connectivity index (χ2n) is 5.45. The number of esters is 2. The summed E-state index contributed by atoms with van der Waals surface area (Å²) in [5.74, 6) is -0.698. The smallest absolute Gasteiger partial charge is 0.373 e. The fourth-order valence-corrected chi connectivity index (χ4v) is 2.33. The Labute approximate surface area is 158 Å². The van der Waals surface area contributed by atoms with E-state index in [-0.39, 0.29) is 24.5 Å². The summed E-state index contributed by atoms with van der Waals surface area (Å²) < 4.78 is 20.6. The second kappa shape index (κ2) is 10.0. The van der Waals surface area contributed by atoms with Gasteiger partial charge in [-0.1, -0.05) is 36.4 Å². The highest BCUT2D eigenvalue weighted by Crippen LogP contribution is 2.23. The van der Waals surface area contributed by atoms with Gasteiger partial charge in [0.2, 0.25) is 5.76 Å². The van der Waals surface area contributed by atoms with Crippen LogP contribution in [0.2, 0.25) is 0 Å². The molecule has 0 bridgehead atoms. The van der Waals surface area contributed by atoms with E-state index in [0.29, 0.717) is 11.3 Å². The average molecular weight is 370 g/mol. The average Bonchev–Trinajstić information content (AvgIpc) is 2.71. The molecule has 0 heterocycles. The van der Waals surface area contributed by atoms with Crippen molar-refractivity contribution in [3.63, 3.8) is 0 Å². The lowest BCUT2D eigenvalue weighted by molar-refractivity contribution is -0.141. The lowest BCUT2D eigenvalue weighted by atomic mass is 10.1. The summed E-state index contributed by atoms with van der Waals surface area (Å²) in [6.07, 6.45) is 1.49. The molecular formula is C21H22O6. The van der Waals surface area contributed by atoms with Crippen molar-refractivity contribution in [2.75, 3.05) is 20.8 Å². The Morgan fingerprint density at radius 3 is 2.37 bits per heavy atom. The van der Waals surface area contributed by atoms with Crippen LogP contribution in [-0.2, 0) is 25.6 Å². The van der Waals surface area contributed by atoms with Gasteiger partial charge in [-0.3, -0.25) is 0 Å². The van der Waals surface area contributed by atoms with Crippen molar-refractivity contribution in [3.8, 4) is 5.75 Å². The summed E-state index contributed by atoms with van der Waals surface area (Å²) in [6.45, 7) is 2.09. The zero-order valence-corrected chi connectivity index (χ0v) is 15.6. The molecular weight excluding hydrogens is 348 g/mol. The van der Waals surface area contributed by atoms with Crippen LogP contribution in [0.1, 0.15) is 28.4 Å². The molecule has 0 fully saturated rings. The van der Waals surface area contributed by atoms with Gasteiger partial charge < -0.3 is 18.9 Å². The first kappa shape index (κ1) is 20.0. The van der Waals surface area contributed by atoms with Crippen molar-refractivity contribution in [2.45, 2.75) is 13.5 Å². The molecule has 0 aliphatic heterocycles. The maximum absolute atomic E-state index is 12.5. The zero-order chi connectivity index (χ0) is 19.6. The molecule has 0 spiro atoms. The Kier molecular flexibility index (Phi) is 7.43. The molecule has 0 amide bonds. The SMILES string of the molecule is CCOC(=O)/C(=C/c1ccc(OC)c(C(=O)OCc2ccccc2)c1)OC. The van der Waals surface area contributed by atoms with Crippen LogP contribution in [0.15, 0.2) is 54.3 Å². The topological polar surface area (TPSA) is 71.1 Å². The largest absolute Gasteiger partial charge is 0.496 e. The van der Waals surface area contributed by atoms with Gasteiger partial charge in [-0.2, -0.15) is 0 Å². The minimum absolute atomic E-state index is 0.0330. The lowest BCUT2D eigenvalue weighted by Crippen LogP contribution is -2.09. The normalized spacial score (nSPS) is 10.9. The van der Waals surface area contributed by atoms with Crippen LogP contribution in [0.4, 0.5) is 0 Å². The summed E-state index contributed by atoms with van der Waals surface area (Å²) in [4.78, 5) is 24.3. The Morgan fingerprint density at radius 2 is 1.74 bits per heavy atom. The van der Waals surface area contributed by atoms with Gasteiger partial charge in [0.15, 0.2) is 0 Å². The minimum Gasteiger partial charge on any atom is -0.496 e. The molecule has 142 valence electrons. The third kappa shape index (κ3) is 5.60. The van der Waals surface area contributed by atoms with Crippen molar-refractivity contribution in [1.29, 1.82) is 0 Å². The summed E-state index contributed by atoms with van der Waals surface area (Å²) in [6, 6.07) is 14.3. The number of rotatable bonds is 8. The number of methoxy groups -OCH3 is 2. The van der Waals surface area contributed by atoms with E-state index in [2.05, 4.69) is 0 Å². The van der Waals surface area contributed by atoms with Gasteiger partial charge >= 0.3 is 11.9 Å². The molecule has 0 atom stereocenters. The van der Waals surface area contributed by atoms with Crippen LogP contribution in [0.5, 0.6) is 5.75 Å². The molecule has 0 saturated heterocycles.